The standard InChI is InChI=1S/C13H15NO2/c1-4-5-11(9-14)10-6-7-12(15-2)13(8-10)16-3/h5-8H,4H2,1-3H3/b11-5+. The molecule has 0 fully saturated rings. The van der Waals surface area contributed by atoms with Crippen LogP contribution in [0.3, 0.4) is 0 Å². The molecule has 0 saturated carbocycles. The first-order chi connectivity index (χ1) is 7.76. The van der Waals surface area contributed by atoms with Gasteiger partial charge in [-0.15, -0.1) is 0 Å². The van der Waals surface area contributed by atoms with E-state index in [9.17, 15) is 0 Å². The second kappa shape index (κ2) is 5.82. The molecular formula is C13H15NO2. The van der Waals surface area contributed by atoms with Crippen molar-refractivity contribution in [2.45, 2.75) is 13.3 Å². The summed E-state index contributed by atoms with van der Waals surface area (Å²) in [6.07, 6.45) is 2.72. The van der Waals surface area contributed by atoms with E-state index in [0.717, 1.165) is 12.0 Å². The van der Waals surface area contributed by atoms with Crippen molar-refractivity contribution in [3.05, 3.63) is 29.8 Å². The average molecular weight is 217 g/mol. The van der Waals surface area contributed by atoms with Gasteiger partial charge in [-0.2, -0.15) is 5.26 Å². The summed E-state index contributed by atoms with van der Waals surface area (Å²) in [6, 6.07) is 7.64. The van der Waals surface area contributed by atoms with Crippen molar-refractivity contribution in [1.29, 1.82) is 5.26 Å². The lowest BCUT2D eigenvalue weighted by atomic mass is 10.1. The fourth-order valence-corrected chi connectivity index (χ4v) is 1.44. The lowest BCUT2D eigenvalue weighted by molar-refractivity contribution is 0.355. The van der Waals surface area contributed by atoms with E-state index < -0.39 is 0 Å². The number of nitriles is 1. The third-order valence-electron chi connectivity index (χ3n) is 2.22. The van der Waals surface area contributed by atoms with E-state index in [1.807, 2.05) is 25.1 Å². The van der Waals surface area contributed by atoms with Crippen LogP contribution in [-0.2, 0) is 0 Å². The highest BCUT2D eigenvalue weighted by Crippen LogP contribution is 2.30. The van der Waals surface area contributed by atoms with Gasteiger partial charge in [-0.25, -0.2) is 0 Å². The molecule has 1 aromatic carbocycles. The number of nitrogens with zero attached hydrogens (tertiary/aromatic N) is 1. The van der Waals surface area contributed by atoms with Gasteiger partial charge in [0.15, 0.2) is 11.5 Å². The number of ether oxygens (including phenoxy) is 2. The van der Waals surface area contributed by atoms with Crippen molar-refractivity contribution >= 4 is 5.57 Å². The molecule has 0 atom stereocenters. The van der Waals surface area contributed by atoms with Crippen LogP contribution in [0.5, 0.6) is 11.5 Å². The predicted octanol–water partition coefficient (Wildman–Crippen LogP) is 3.02. The summed E-state index contributed by atoms with van der Waals surface area (Å²) < 4.78 is 10.3. The topological polar surface area (TPSA) is 42.2 Å². The third kappa shape index (κ3) is 2.54. The van der Waals surface area contributed by atoms with Gasteiger partial charge in [0.2, 0.25) is 0 Å². The molecule has 0 aliphatic rings. The van der Waals surface area contributed by atoms with Crippen LogP contribution in [0.15, 0.2) is 24.3 Å². The SMILES string of the molecule is CC/C=C(\C#N)c1ccc(OC)c(OC)c1. The molecule has 3 nitrogen and oxygen atoms in total. The number of allylic oxidation sites excluding steroid dienone is 2. The summed E-state index contributed by atoms with van der Waals surface area (Å²) in [7, 11) is 3.17. The van der Waals surface area contributed by atoms with E-state index in [0.29, 0.717) is 17.1 Å². The van der Waals surface area contributed by atoms with E-state index in [1.54, 1.807) is 20.3 Å². The first kappa shape index (κ1) is 12.1. The monoisotopic (exact) mass is 217 g/mol. The van der Waals surface area contributed by atoms with E-state index in [1.165, 1.54) is 0 Å². The summed E-state index contributed by atoms with van der Waals surface area (Å²) in [5, 5.41) is 9.01. The van der Waals surface area contributed by atoms with E-state index in [4.69, 9.17) is 14.7 Å². The molecule has 0 amide bonds. The minimum Gasteiger partial charge on any atom is -0.493 e. The molecule has 0 N–H and O–H groups in total. The summed E-state index contributed by atoms with van der Waals surface area (Å²) in [5.74, 6) is 1.30. The molecule has 1 rings (SSSR count). The molecule has 0 saturated heterocycles. The summed E-state index contributed by atoms with van der Waals surface area (Å²) in [6.45, 7) is 2.00. The molecule has 0 aliphatic heterocycles. The van der Waals surface area contributed by atoms with Gasteiger partial charge in [0.25, 0.3) is 0 Å². The molecule has 0 heterocycles. The van der Waals surface area contributed by atoms with Crippen molar-refractivity contribution < 1.29 is 9.47 Å². The summed E-state index contributed by atoms with van der Waals surface area (Å²) in [5.41, 5.74) is 1.51. The maximum atomic E-state index is 9.01. The number of methoxy groups -OCH3 is 2. The van der Waals surface area contributed by atoms with Crippen molar-refractivity contribution in [2.75, 3.05) is 14.2 Å². The maximum absolute atomic E-state index is 9.01. The van der Waals surface area contributed by atoms with Crippen LogP contribution in [0.4, 0.5) is 0 Å². The summed E-state index contributed by atoms with van der Waals surface area (Å²) in [4.78, 5) is 0. The molecule has 0 bridgehead atoms. The summed E-state index contributed by atoms with van der Waals surface area (Å²) >= 11 is 0. The number of benzene rings is 1. The fraction of sp³-hybridized carbons (Fsp3) is 0.308. The Hall–Kier alpha value is -1.95. The number of rotatable bonds is 4. The van der Waals surface area contributed by atoms with E-state index >= 15 is 0 Å². The molecule has 1 aromatic rings. The van der Waals surface area contributed by atoms with Gasteiger partial charge in [-0.05, 0) is 30.2 Å². The second-order valence-electron chi connectivity index (χ2n) is 3.21. The van der Waals surface area contributed by atoms with Crippen LogP contribution in [0, 0.1) is 11.3 Å². The number of hydrogen-bond donors (Lipinski definition) is 0. The molecule has 0 unspecified atom stereocenters. The van der Waals surface area contributed by atoms with Crippen molar-refractivity contribution in [1.82, 2.24) is 0 Å². The molecule has 0 aromatic heterocycles. The Morgan fingerprint density at radius 3 is 2.50 bits per heavy atom. The van der Waals surface area contributed by atoms with E-state index in [-0.39, 0.29) is 0 Å². The van der Waals surface area contributed by atoms with Gasteiger partial charge >= 0.3 is 0 Å². The van der Waals surface area contributed by atoms with Crippen molar-refractivity contribution in [3.63, 3.8) is 0 Å². The lowest BCUT2D eigenvalue weighted by Gasteiger charge is -2.08. The highest BCUT2D eigenvalue weighted by Gasteiger charge is 2.07. The van der Waals surface area contributed by atoms with Crippen LogP contribution in [0.25, 0.3) is 5.57 Å². The first-order valence-electron chi connectivity index (χ1n) is 5.09. The lowest BCUT2D eigenvalue weighted by Crippen LogP contribution is -1.92. The van der Waals surface area contributed by atoms with Gasteiger partial charge in [0, 0.05) is 0 Å². The Kier molecular flexibility index (Phi) is 4.41. The average Bonchev–Trinajstić information content (AvgIpc) is 2.35. The van der Waals surface area contributed by atoms with Crippen LogP contribution in [0.2, 0.25) is 0 Å². The predicted molar refractivity (Wildman–Crippen MR) is 63.4 cm³/mol. The zero-order valence-corrected chi connectivity index (χ0v) is 9.78. The minimum atomic E-state index is 0.636. The van der Waals surface area contributed by atoms with Crippen molar-refractivity contribution in [2.24, 2.45) is 0 Å². The number of hydrogen-bond acceptors (Lipinski definition) is 3. The Morgan fingerprint density at radius 2 is 2.00 bits per heavy atom. The Balaban J connectivity index is 3.17. The second-order valence-corrected chi connectivity index (χ2v) is 3.21. The quantitative estimate of drug-likeness (QED) is 0.728. The molecule has 16 heavy (non-hydrogen) atoms. The van der Waals surface area contributed by atoms with Gasteiger partial charge < -0.3 is 9.47 Å². The van der Waals surface area contributed by atoms with Gasteiger partial charge in [-0.3, -0.25) is 0 Å². The Morgan fingerprint density at radius 1 is 1.31 bits per heavy atom. The van der Waals surface area contributed by atoms with Gasteiger partial charge in [0.05, 0.1) is 25.9 Å². The highest BCUT2D eigenvalue weighted by atomic mass is 16.5. The maximum Gasteiger partial charge on any atom is 0.161 e. The smallest absolute Gasteiger partial charge is 0.161 e. The Bertz CT molecular complexity index is 430. The molecular weight excluding hydrogens is 202 g/mol. The third-order valence-corrected chi connectivity index (χ3v) is 2.22. The molecule has 0 aliphatic carbocycles. The van der Waals surface area contributed by atoms with Crippen LogP contribution >= 0.6 is 0 Å². The van der Waals surface area contributed by atoms with Crippen LogP contribution < -0.4 is 9.47 Å². The first-order valence-corrected chi connectivity index (χ1v) is 5.09. The van der Waals surface area contributed by atoms with E-state index in [2.05, 4.69) is 6.07 Å². The van der Waals surface area contributed by atoms with Crippen LogP contribution in [-0.4, -0.2) is 14.2 Å². The molecule has 0 radical (unpaired) electrons. The molecule has 84 valence electrons. The Labute approximate surface area is 95.9 Å². The molecule has 3 heteroatoms. The highest BCUT2D eigenvalue weighted by molar-refractivity contribution is 5.77. The van der Waals surface area contributed by atoms with Gasteiger partial charge in [0.1, 0.15) is 0 Å². The minimum absolute atomic E-state index is 0.636. The van der Waals surface area contributed by atoms with Gasteiger partial charge in [-0.1, -0.05) is 13.0 Å². The normalized spacial score (nSPS) is 10.8. The largest absolute Gasteiger partial charge is 0.493 e. The zero-order chi connectivity index (χ0) is 12.0. The molecule has 0 spiro atoms. The van der Waals surface area contributed by atoms with Crippen molar-refractivity contribution in [3.8, 4) is 17.6 Å². The fourth-order valence-electron chi connectivity index (χ4n) is 1.44. The zero-order valence-electron chi connectivity index (χ0n) is 9.78. The van der Waals surface area contributed by atoms with Crippen LogP contribution in [0.1, 0.15) is 18.9 Å².